The Morgan fingerprint density at radius 1 is 1.41 bits per heavy atom. The molecule has 1 aliphatic rings. The minimum atomic E-state index is -3.17. The Morgan fingerprint density at radius 3 is 2.47 bits per heavy atom. The van der Waals surface area contributed by atoms with Gasteiger partial charge in [-0.15, -0.1) is 0 Å². The average Bonchev–Trinajstić information content (AvgIpc) is 2.58. The number of sulfone groups is 1. The number of nitrogens with one attached hydrogen (secondary N) is 1. The number of carbonyl (C=O) groups excluding carboxylic acids is 1. The van der Waals surface area contributed by atoms with E-state index in [2.05, 4.69) is 5.32 Å². The summed E-state index contributed by atoms with van der Waals surface area (Å²) in [6.45, 7) is -0.361. The summed E-state index contributed by atoms with van der Waals surface area (Å²) in [4.78, 5) is 22.3. The fourth-order valence-electron chi connectivity index (χ4n) is 1.68. The van der Waals surface area contributed by atoms with Crippen molar-refractivity contribution in [2.24, 2.45) is 5.92 Å². The maximum absolute atomic E-state index is 11.6. The molecule has 0 spiro atoms. The Bertz CT molecular complexity index is 404. The van der Waals surface area contributed by atoms with Gasteiger partial charge < -0.3 is 15.5 Å². The molecule has 1 rings (SSSR count). The molecule has 3 N–H and O–H groups in total. The number of hydrogen-bond donors (Lipinski definition) is 3. The Morgan fingerprint density at radius 2 is 2.06 bits per heavy atom. The predicted molar refractivity (Wildman–Crippen MR) is 58.0 cm³/mol. The van der Waals surface area contributed by atoms with E-state index in [1.165, 1.54) is 0 Å². The third-order valence-corrected chi connectivity index (χ3v) is 4.40. The average molecular weight is 265 g/mol. The molecule has 0 aromatic rings. The maximum Gasteiger partial charge on any atom is 0.326 e. The van der Waals surface area contributed by atoms with Crippen LogP contribution in [0.15, 0.2) is 0 Å². The number of aliphatic hydroxyl groups is 1. The molecule has 0 radical (unpaired) electrons. The summed E-state index contributed by atoms with van der Waals surface area (Å²) in [5.41, 5.74) is 0. The second-order valence-electron chi connectivity index (χ2n) is 4.01. The Balaban J connectivity index is 2.56. The number of carbonyl (C=O) groups is 2. The van der Waals surface area contributed by atoms with Crippen LogP contribution in [-0.4, -0.2) is 54.7 Å². The summed E-state index contributed by atoms with van der Waals surface area (Å²) in [7, 11) is -3.17. The lowest BCUT2D eigenvalue weighted by molar-refractivity contribution is -0.142. The highest BCUT2D eigenvalue weighted by atomic mass is 32.2. The minimum Gasteiger partial charge on any atom is -0.480 e. The number of aliphatic hydroxyl groups excluding tert-OH is 1. The van der Waals surface area contributed by atoms with E-state index in [-0.39, 0.29) is 31.0 Å². The minimum absolute atomic E-state index is 0.0389. The molecule has 98 valence electrons. The Labute approximate surface area is 98.7 Å². The summed E-state index contributed by atoms with van der Waals surface area (Å²) >= 11 is 0. The van der Waals surface area contributed by atoms with E-state index in [1.807, 2.05) is 0 Å². The molecule has 1 fully saturated rings. The zero-order valence-electron chi connectivity index (χ0n) is 9.13. The monoisotopic (exact) mass is 265 g/mol. The van der Waals surface area contributed by atoms with Gasteiger partial charge in [-0.2, -0.15) is 0 Å². The molecule has 0 aliphatic carbocycles. The quantitative estimate of drug-likeness (QED) is 0.549. The van der Waals surface area contributed by atoms with Crippen molar-refractivity contribution >= 4 is 21.7 Å². The third-order valence-electron chi connectivity index (χ3n) is 2.64. The molecular weight excluding hydrogens is 250 g/mol. The van der Waals surface area contributed by atoms with Crippen LogP contribution in [0.4, 0.5) is 0 Å². The van der Waals surface area contributed by atoms with Crippen LogP contribution in [0.25, 0.3) is 0 Å². The van der Waals surface area contributed by atoms with Crippen molar-refractivity contribution in [2.45, 2.75) is 18.9 Å². The molecule has 7 nitrogen and oxygen atoms in total. The normalized spacial score (nSPS) is 24.2. The van der Waals surface area contributed by atoms with Gasteiger partial charge in [-0.1, -0.05) is 0 Å². The van der Waals surface area contributed by atoms with Crippen molar-refractivity contribution in [3.05, 3.63) is 0 Å². The first-order valence-corrected chi connectivity index (χ1v) is 7.02. The van der Waals surface area contributed by atoms with Gasteiger partial charge in [0.05, 0.1) is 17.4 Å². The Hall–Kier alpha value is -1.15. The van der Waals surface area contributed by atoms with Crippen molar-refractivity contribution in [3.8, 4) is 0 Å². The van der Waals surface area contributed by atoms with Crippen molar-refractivity contribution in [1.82, 2.24) is 5.32 Å². The maximum atomic E-state index is 11.6. The number of hydrogen-bond acceptors (Lipinski definition) is 5. The molecular formula is C9H15NO6S. The van der Waals surface area contributed by atoms with Crippen molar-refractivity contribution in [1.29, 1.82) is 0 Å². The lowest BCUT2D eigenvalue weighted by Crippen LogP contribution is -2.44. The molecule has 0 bridgehead atoms. The van der Waals surface area contributed by atoms with Gasteiger partial charge in [-0.3, -0.25) is 4.79 Å². The number of rotatable bonds is 5. The zero-order valence-corrected chi connectivity index (χ0v) is 9.94. The molecule has 1 aliphatic heterocycles. The standard InChI is InChI=1S/C9H15NO6S/c11-3-1-7(9(13)14)10-8(12)6-2-4-17(15,16)5-6/h6-7,11H,1-5H2,(H,10,12)(H,13,14)/t6?,7-/m1/s1. The molecule has 1 heterocycles. The fourth-order valence-corrected chi connectivity index (χ4v) is 3.42. The van der Waals surface area contributed by atoms with E-state index in [0.29, 0.717) is 0 Å². The van der Waals surface area contributed by atoms with E-state index >= 15 is 0 Å². The highest BCUT2D eigenvalue weighted by molar-refractivity contribution is 7.91. The van der Waals surface area contributed by atoms with E-state index in [4.69, 9.17) is 10.2 Å². The SMILES string of the molecule is O=C(N[C@H](CCO)C(=O)O)C1CCS(=O)(=O)C1. The van der Waals surface area contributed by atoms with Crippen molar-refractivity contribution in [3.63, 3.8) is 0 Å². The number of carboxylic acid groups (broad SMARTS) is 1. The van der Waals surface area contributed by atoms with E-state index in [9.17, 15) is 18.0 Å². The van der Waals surface area contributed by atoms with Crippen LogP contribution in [0.1, 0.15) is 12.8 Å². The van der Waals surface area contributed by atoms with Gasteiger partial charge in [-0.05, 0) is 6.42 Å². The molecule has 1 saturated heterocycles. The van der Waals surface area contributed by atoms with Gasteiger partial charge >= 0.3 is 5.97 Å². The van der Waals surface area contributed by atoms with Gasteiger partial charge in [0, 0.05) is 13.0 Å². The summed E-state index contributed by atoms with van der Waals surface area (Å²) in [5, 5.41) is 19.6. The highest BCUT2D eigenvalue weighted by Crippen LogP contribution is 2.18. The lowest BCUT2D eigenvalue weighted by Gasteiger charge is -2.15. The third kappa shape index (κ3) is 3.97. The zero-order chi connectivity index (χ0) is 13.1. The van der Waals surface area contributed by atoms with Gasteiger partial charge in [0.1, 0.15) is 6.04 Å². The molecule has 0 saturated carbocycles. The smallest absolute Gasteiger partial charge is 0.326 e. The second kappa shape index (κ2) is 5.46. The van der Waals surface area contributed by atoms with Gasteiger partial charge in [-0.25, -0.2) is 13.2 Å². The number of aliphatic carboxylic acids is 1. The molecule has 0 aromatic carbocycles. The number of amides is 1. The van der Waals surface area contributed by atoms with Crippen molar-refractivity contribution < 1.29 is 28.2 Å². The summed E-state index contributed by atoms with van der Waals surface area (Å²) in [5.74, 6) is -2.77. The Kier molecular flexibility index (Phi) is 4.47. The summed E-state index contributed by atoms with van der Waals surface area (Å²) in [6.07, 6.45) is 0.125. The van der Waals surface area contributed by atoms with Crippen LogP contribution in [0.3, 0.4) is 0 Å². The first kappa shape index (κ1) is 13.9. The largest absolute Gasteiger partial charge is 0.480 e. The van der Waals surface area contributed by atoms with Crippen LogP contribution in [0.5, 0.6) is 0 Å². The highest BCUT2D eigenvalue weighted by Gasteiger charge is 2.34. The first-order chi connectivity index (χ1) is 7.85. The number of carboxylic acids is 1. The van der Waals surface area contributed by atoms with Gasteiger partial charge in [0.25, 0.3) is 0 Å². The molecule has 0 aromatic heterocycles. The first-order valence-electron chi connectivity index (χ1n) is 5.20. The predicted octanol–water partition coefficient (Wildman–Crippen LogP) is -1.63. The summed E-state index contributed by atoms with van der Waals surface area (Å²) in [6, 6.07) is -1.17. The molecule has 8 heteroatoms. The summed E-state index contributed by atoms with van der Waals surface area (Å²) < 4.78 is 22.3. The van der Waals surface area contributed by atoms with Gasteiger partial charge in [0.2, 0.25) is 5.91 Å². The molecule has 2 atom stereocenters. The van der Waals surface area contributed by atoms with Gasteiger partial charge in [0.15, 0.2) is 9.84 Å². The molecule has 17 heavy (non-hydrogen) atoms. The van der Waals surface area contributed by atoms with Crippen LogP contribution in [0.2, 0.25) is 0 Å². The van der Waals surface area contributed by atoms with E-state index < -0.39 is 33.7 Å². The van der Waals surface area contributed by atoms with Crippen LogP contribution in [0, 0.1) is 5.92 Å². The van der Waals surface area contributed by atoms with E-state index in [0.717, 1.165) is 0 Å². The topological polar surface area (TPSA) is 121 Å². The van der Waals surface area contributed by atoms with Crippen LogP contribution >= 0.6 is 0 Å². The molecule has 1 unspecified atom stereocenters. The fraction of sp³-hybridized carbons (Fsp3) is 0.778. The second-order valence-corrected chi connectivity index (χ2v) is 6.24. The van der Waals surface area contributed by atoms with E-state index in [1.54, 1.807) is 0 Å². The van der Waals surface area contributed by atoms with Crippen LogP contribution in [-0.2, 0) is 19.4 Å². The lowest BCUT2D eigenvalue weighted by atomic mass is 10.1. The van der Waals surface area contributed by atoms with Crippen molar-refractivity contribution in [2.75, 3.05) is 18.1 Å². The molecule has 1 amide bonds. The van der Waals surface area contributed by atoms with Crippen LogP contribution < -0.4 is 5.32 Å².